The van der Waals surface area contributed by atoms with Crippen LogP contribution in [-0.4, -0.2) is 36.6 Å². The molecule has 2 rings (SSSR count). The first kappa shape index (κ1) is 15.3. The molecule has 3 atom stereocenters. The van der Waals surface area contributed by atoms with Gasteiger partial charge in [-0.2, -0.15) is 0 Å². The summed E-state index contributed by atoms with van der Waals surface area (Å²) in [4.78, 5) is 2.82. The molecule has 112 valence electrons. The monoisotopic (exact) mass is 266 g/mol. The number of hydrogen-bond donors (Lipinski definition) is 1. The summed E-state index contributed by atoms with van der Waals surface area (Å²) in [5, 5.41) is 3.57. The van der Waals surface area contributed by atoms with Gasteiger partial charge in [-0.3, -0.25) is 4.90 Å². The molecule has 19 heavy (non-hydrogen) atoms. The number of rotatable bonds is 4. The number of nitrogens with zero attached hydrogens (tertiary/aromatic N) is 1. The Morgan fingerprint density at radius 1 is 1.11 bits per heavy atom. The molecule has 1 aliphatic carbocycles. The lowest BCUT2D eigenvalue weighted by Gasteiger charge is -2.43. The molecule has 1 N–H and O–H groups in total. The zero-order valence-electron chi connectivity index (χ0n) is 13.5. The predicted molar refractivity (Wildman–Crippen MR) is 83.4 cm³/mol. The SMILES string of the molecule is CC1CC(C)CC(N(CC2CCCNC2)C(C)C)C1. The lowest BCUT2D eigenvalue weighted by molar-refractivity contribution is 0.0636. The summed E-state index contributed by atoms with van der Waals surface area (Å²) in [6, 6.07) is 1.53. The average molecular weight is 266 g/mol. The van der Waals surface area contributed by atoms with Crippen molar-refractivity contribution in [1.82, 2.24) is 10.2 Å². The number of nitrogens with one attached hydrogen (secondary N) is 1. The zero-order valence-corrected chi connectivity index (χ0v) is 13.5. The van der Waals surface area contributed by atoms with Gasteiger partial charge in [0.25, 0.3) is 0 Å². The zero-order chi connectivity index (χ0) is 13.8. The largest absolute Gasteiger partial charge is 0.316 e. The van der Waals surface area contributed by atoms with Gasteiger partial charge >= 0.3 is 0 Å². The summed E-state index contributed by atoms with van der Waals surface area (Å²) in [6.45, 7) is 13.5. The fraction of sp³-hybridized carbons (Fsp3) is 1.00. The van der Waals surface area contributed by atoms with Gasteiger partial charge in [0, 0.05) is 18.6 Å². The van der Waals surface area contributed by atoms with Crippen molar-refractivity contribution < 1.29 is 0 Å². The molecule has 2 nitrogen and oxygen atoms in total. The van der Waals surface area contributed by atoms with Crippen LogP contribution in [0.5, 0.6) is 0 Å². The molecular formula is C17H34N2. The van der Waals surface area contributed by atoms with Crippen LogP contribution in [0.4, 0.5) is 0 Å². The van der Waals surface area contributed by atoms with Gasteiger partial charge in [0.15, 0.2) is 0 Å². The molecule has 0 aromatic heterocycles. The van der Waals surface area contributed by atoms with Crippen molar-refractivity contribution in [1.29, 1.82) is 0 Å². The third-order valence-electron chi connectivity index (χ3n) is 5.15. The average Bonchev–Trinajstić information content (AvgIpc) is 2.35. The molecule has 0 aromatic carbocycles. The molecule has 3 unspecified atom stereocenters. The molecule has 0 spiro atoms. The summed E-state index contributed by atoms with van der Waals surface area (Å²) in [6.07, 6.45) is 7.07. The summed E-state index contributed by atoms with van der Waals surface area (Å²) in [5.41, 5.74) is 0. The van der Waals surface area contributed by atoms with E-state index >= 15 is 0 Å². The maximum atomic E-state index is 3.57. The van der Waals surface area contributed by atoms with Gasteiger partial charge in [-0.25, -0.2) is 0 Å². The topological polar surface area (TPSA) is 15.3 Å². The predicted octanol–water partition coefficient (Wildman–Crippen LogP) is 3.52. The van der Waals surface area contributed by atoms with Crippen LogP contribution in [0.1, 0.15) is 59.8 Å². The minimum atomic E-state index is 0.699. The summed E-state index contributed by atoms with van der Waals surface area (Å²) in [5.74, 6) is 2.71. The van der Waals surface area contributed by atoms with Crippen LogP contribution in [0.25, 0.3) is 0 Å². The standard InChI is InChI=1S/C17H34N2/c1-13(2)19(12-16-6-5-7-18-11-16)17-9-14(3)8-15(4)10-17/h13-18H,5-12H2,1-4H3. The van der Waals surface area contributed by atoms with Crippen molar-refractivity contribution in [2.45, 2.75) is 71.9 Å². The molecule has 0 radical (unpaired) electrons. The second-order valence-corrected chi connectivity index (χ2v) is 7.57. The van der Waals surface area contributed by atoms with E-state index in [4.69, 9.17) is 0 Å². The van der Waals surface area contributed by atoms with Crippen molar-refractivity contribution in [3.05, 3.63) is 0 Å². The van der Waals surface area contributed by atoms with Crippen LogP contribution in [0.15, 0.2) is 0 Å². The molecule has 1 saturated heterocycles. The van der Waals surface area contributed by atoms with Crippen molar-refractivity contribution in [2.24, 2.45) is 17.8 Å². The van der Waals surface area contributed by atoms with Gasteiger partial charge in [0.1, 0.15) is 0 Å². The van der Waals surface area contributed by atoms with E-state index in [0.29, 0.717) is 6.04 Å². The van der Waals surface area contributed by atoms with Crippen LogP contribution < -0.4 is 5.32 Å². The van der Waals surface area contributed by atoms with E-state index in [1.54, 1.807) is 0 Å². The fourth-order valence-electron chi connectivity index (χ4n) is 4.33. The molecule has 2 heteroatoms. The number of piperidine rings is 1. The summed E-state index contributed by atoms with van der Waals surface area (Å²) < 4.78 is 0. The van der Waals surface area contributed by atoms with Crippen LogP contribution in [0.2, 0.25) is 0 Å². The molecular weight excluding hydrogens is 232 g/mol. The highest BCUT2D eigenvalue weighted by molar-refractivity contribution is 4.85. The van der Waals surface area contributed by atoms with Crippen LogP contribution in [-0.2, 0) is 0 Å². The van der Waals surface area contributed by atoms with Crippen molar-refractivity contribution >= 4 is 0 Å². The highest BCUT2D eigenvalue weighted by Crippen LogP contribution is 2.33. The fourth-order valence-corrected chi connectivity index (χ4v) is 4.33. The van der Waals surface area contributed by atoms with Gasteiger partial charge in [-0.05, 0) is 76.8 Å². The molecule has 0 amide bonds. The first-order valence-electron chi connectivity index (χ1n) is 8.52. The minimum absolute atomic E-state index is 0.699. The Labute approximate surface area is 120 Å². The number of hydrogen-bond acceptors (Lipinski definition) is 2. The van der Waals surface area contributed by atoms with Gasteiger partial charge in [0.2, 0.25) is 0 Å². The van der Waals surface area contributed by atoms with Gasteiger partial charge in [-0.15, -0.1) is 0 Å². The molecule has 2 fully saturated rings. The summed E-state index contributed by atoms with van der Waals surface area (Å²) in [7, 11) is 0. The van der Waals surface area contributed by atoms with Gasteiger partial charge < -0.3 is 5.32 Å². The molecule has 2 aliphatic rings. The normalized spacial score (nSPS) is 36.9. The first-order chi connectivity index (χ1) is 9.06. The van der Waals surface area contributed by atoms with Crippen LogP contribution in [0, 0.1) is 17.8 Å². The molecule has 1 saturated carbocycles. The molecule has 0 aromatic rings. The lowest BCUT2D eigenvalue weighted by atomic mass is 9.79. The first-order valence-corrected chi connectivity index (χ1v) is 8.52. The minimum Gasteiger partial charge on any atom is -0.316 e. The maximum absolute atomic E-state index is 3.57. The third-order valence-corrected chi connectivity index (χ3v) is 5.15. The maximum Gasteiger partial charge on any atom is 0.0103 e. The quantitative estimate of drug-likeness (QED) is 0.837. The Morgan fingerprint density at radius 2 is 1.79 bits per heavy atom. The van der Waals surface area contributed by atoms with Crippen LogP contribution in [0.3, 0.4) is 0 Å². The third kappa shape index (κ3) is 4.46. The lowest BCUT2D eigenvalue weighted by Crippen LogP contribution is -2.48. The summed E-state index contributed by atoms with van der Waals surface area (Å²) >= 11 is 0. The second kappa shape index (κ2) is 7.08. The van der Waals surface area contributed by atoms with Gasteiger partial charge in [-0.1, -0.05) is 13.8 Å². The van der Waals surface area contributed by atoms with Crippen molar-refractivity contribution in [3.8, 4) is 0 Å². The highest BCUT2D eigenvalue weighted by atomic mass is 15.2. The van der Waals surface area contributed by atoms with Crippen molar-refractivity contribution in [3.63, 3.8) is 0 Å². The van der Waals surface area contributed by atoms with E-state index in [9.17, 15) is 0 Å². The van der Waals surface area contributed by atoms with Crippen LogP contribution >= 0.6 is 0 Å². The Morgan fingerprint density at radius 3 is 2.32 bits per heavy atom. The van der Waals surface area contributed by atoms with Gasteiger partial charge in [0.05, 0.1) is 0 Å². The second-order valence-electron chi connectivity index (χ2n) is 7.57. The van der Waals surface area contributed by atoms with E-state index in [0.717, 1.165) is 23.8 Å². The Balaban J connectivity index is 1.94. The van der Waals surface area contributed by atoms with E-state index in [1.807, 2.05) is 0 Å². The molecule has 0 bridgehead atoms. The van der Waals surface area contributed by atoms with Crippen molar-refractivity contribution in [2.75, 3.05) is 19.6 Å². The highest BCUT2D eigenvalue weighted by Gasteiger charge is 2.31. The smallest absolute Gasteiger partial charge is 0.0103 e. The van der Waals surface area contributed by atoms with E-state index < -0.39 is 0 Å². The Hall–Kier alpha value is -0.0800. The Kier molecular flexibility index (Phi) is 5.70. The molecule has 1 aliphatic heterocycles. The van der Waals surface area contributed by atoms with E-state index in [2.05, 4.69) is 37.9 Å². The van der Waals surface area contributed by atoms with E-state index in [-0.39, 0.29) is 0 Å². The molecule has 1 heterocycles. The Bertz CT molecular complexity index is 248. The van der Waals surface area contributed by atoms with E-state index in [1.165, 1.54) is 51.7 Å².